The maximum Gasteiger partial charge on any atom is 0.268 e. The first-order chi connectivity index (χ1) is 5.65. The van der Waals surface area contributed by atoms with Crippen LogP contribution < -0.4 is 5.73 Å². The van der Waals surface area contributed by atoms with Crippen LogP contribution in [0.3, 0.4) is 0 Å². The van der Waals surface area contributed by atoms with Crippen LogP contribution in [0.4, 0.5) is 0 Å². The van der Waals surface area contributed by atoms with Crippen LogP contribution in [0, 0.1) is 0 Å². The van der Waals surface area contributed by atoms with Crippen molar-refractivity contribution < 1.29 is 4.79 Å². The number of aromatic nitrogens is 2. The first-order valence-electron chi connectivity index (χ1n) is 3.01. The second-order valence-electron chi connectivity index (χ2n) is 1.92. The normalized spacial score (nSPS) is 9.83. The largest absolute Gasteiger partial charge is 0.364 e. The average molecular weight is 248 g/mol. The molecule has 0 bridgehead atoms. The van der Waals surface area contributed by atoms with Crippen LogP contribution in [-0.2, 0) is 0 Å². The Morgan fingerprint density at radius 2 is 2.42 bits per heavy atom. The van der Waals surface area contributed by atoms with E-state index in [1.807, 2.05) is 6.26 Å². The number of nitrogens with zero attached hydrogens (tertiary/aromatic N) is 2. The van der Waals surface area contributed by atoms with Crippen LogP contribution in [0.15, 0.2) is 15.8 Å². The molecular formula is C6H6BrN3OS. The molecule has 0 aliphatic heterocycles. The van der Waals surface area contributed by atoms with E-state index in [1.54, 1.807) is 0 Å². The van der Waals surface area contributed by atoms with E-state index in [1.165, 1.54) is 18.0 Å². The predicted molar refractivity (Wildman–Crippen MR) is 50.0 cm³/mol. The maximum absolute atomic E-state index is 10.8. The second-order valence-corrected chi connectivity index (χ2v) is 3.55. The van der Waals surface area contributed by atoms with Crippen molar-refractivity contribution in [2.75, 3.05) is 6.26 Å². The molecule has 0 aromatic carbocycles. The van der Waals surface area contributed by atoms with Crippen molar-refractivity contribution >= 4 is 33.6 Å². The molecule has 0 saturated heterocycles. The van der Waals surface area contributed by atoms with Gasteiger partial charge in [-0.1, -0.05) is 11.8 Å². The van der Waals surface area contributed by atoms with E-state index in [4.69, 9.17) is 5.73 Å². The van der Waals surface area contributed by atoms with Gasteiger partial charge < -0.3 is 5.73 Å². The number of thioether (sulfide) groups is 1. The Kier molecular flexibility index (Phi) is 3.05. The standard InChI is InChI=1S/C6H6BrN3OS/c1-12-6-9-2-3(7)4(10-6)5(8)11/h2H,1H3,(H2,8,11). The minimum atomic E-state index is -0.556. The Morgan fingerprint density at radius 1 is 1.75 bits per heavy atom. The summed E-state index contributed by atoms with van der Waals surface area (Å²) in [6.45, 7) is 0. The number of nitrogens with two attached hydrogens (primary N) is 1. The van der Waals surface area contributed by atoms with Crippen molar-refractivity contribution in [3.63, 3.8) is 0 Å². The molecule has 0 radical (unpaired) electrons. The van der Waals surface area contributed by atoms with E-state index in [0.29, 0.717) is 9.63 Å². The quantitative estimate of drug-likeness (QED) is 0.627. The highest BCUT2D eigenvalue weighted by Crippen LogP contribution is 2.16. The molecule has 0 saturated carbocycles. The molecule has 1 amide bonds. The van der Waals surface area contributed by atoms with Gasteiger partial charge in [0.05, 0.1) is 4.47 Å². The summed E-state index contributed by atoms with van der Waals surface area (Å²) in [6, 6.07) is 0. The molecule has 0 fully saturated rings. The van der Waals surface area contributed by atoms with Crippen molar-refractivity contribution in [3.8, 4) is 0 Å². The molecule has 0 aliphatic rings. The summed E-state index contributed by atoms with van der Waals surface area (Å²) in [5.74, 6) is -0.556. The summed E-state index contributed by atoms with van der Waals surface area (Å²) in [7, 11) is 0. The van der Waals surface area contributed by atoms with Crippen LogP contribution in [0.5, 0.6) is 0 Å². The van der Waals surface area contributed by atoms with Gasteiger partial charge in [-0.25, -0.2) is 9.97 Å². The van der Waals surface area contributed by atoms with Gasteiger partial charge in [-0.15, -0.1) is 0 Å². The molecule has 1 rings (SSSR count). The molecule has 0 aliphatic carbocycles. The molecule has 0 atom stereocenters. The van der Waals surface area contributed by atoms with Crippen LogP contribution >= 0.6 is 27.7 Å². The molecule has 6 heteroatoms. The van der Waals surface area contributed by atoms with E-state index in [-0.39, 0.29) is 5.69 Å². The van der Waals surface area contributed by atoms with Crippen molar-refractivity contribution in [1.82, 2.24) is 9.97 Å². The van der Waals surface area contributed by atoms with Crippen molar-refractivity contribution in [2.24, 2.45) is 5.73 Å². The third-order valence-corrected chi connectivity index (χ3v) is 2.28. The molecule has 1 aromatic heterocycles. The molecule has 0 unspecified atom stereocenters. The lowest BCUT2D eigenvalue weighted by atomic mass is 10.4. The molecule has 64 valence electrons. The summed E-state index contributed by atoms with van der Waals surface area (Å²) >= 11 is 4.48. The predicted octanol–water partition coefficient (Wildman–Crippen LogP) is 1.06. The number of primary amides is 1. The summed E-state index contributed by atoms with van der Waals surface area (Å²) < 4.78 is 0.521. The van der Waals surface area contributed by atoms with Gasteiger partial charge in [0.2, 0.25) is 0 Å². The van der Waals surface area contributed by atoms with Crippen LogP contribution in [0.25, 0.3) is 0 Å². The first-order valence-corrected chi connectivity index (χ1v) is 5.03. The number of hydrogen-bond acceptors (Lipinski definition) is 4. The second kappa shape index (κ2) is 3.86. The van der Waals surface area contributed by atoms with Gasteiger partial charge in [-0.2, -0.15) is 0 Å². The number of rotatable bonds is 2. The van der Waals surface area contributed by atoms with Gasteiger partial charge in [-0.05, 0) is 22.2 Å². The van der Waals surface area contributed by atoms with Crippen molar-refractivity contribution in [3.05, 3.63) is 16.4 Å². The van der Waals surface area contributed by atoms with Gasteiger partial charge in [0.25, 0.3) is 5.91 Å². The summed E-state index contributed by atoms with van der Waals surface area (Å²) in [5, 5.41) is 0.534. The third-order valence-electron chi connectivity index (χ3n) is 1.14. The zero-order valence-corrected chi connectivity index (χ0v) is 8.65. The fraction of sp³-hybridized carbons (Fsp3) is 0.167. The smallest absolute Gasteiger partial charge is 0.268 e. The Labute approximate surface area is 82.1 Å². The van der Waals surface area contributed by atoms with Crippen LogP contribution in [0.1, 0.15) is 10.5 Å². The highest BCUT2D eigenvalue weighted by atomic mass is 79.9. The summed E-state index contributed by atoms with van der Waals surface area (Å²) in [4.78, 5) is 18.6. The van der Waals surface area contributed by atoms with E-state index in [0.717, 1.165) is 0 Å². The molecular weight excluding hydrogens is 242 g/mol. The number of halogens is 1. The topological polar surface area (TPSA) is 68.9 Å². The van der Waals surface area contributed by atoms with E-state index >= 15 is 0 Å². The molecule has 1 heterocycles. The maximum atomic E-state index is 10.8. The molecule has 1 aromatic rings. The van der Waals surface area contributed by atoms with Crippen LogP contribution in [-0.4, -0.2) is 22.1 Å². The first kappa shape index (κ1) is 9.47. The zero-order chi connectivity index (χ0) is 9.14. The van der Waals surface area contributed by atoms with E-state index in [2.05, 4.69) is 25.9 Å². The summed E-state index contributed by atoms with van der Waals surface area (Å²) in [5.41, 5.74) is 5.29. The van der Waals surface area contributed by atoms with E-state index < -0.39 is 5.91 Å². The van der Waals surface area contributed by atoms with E-state index in [9.17, 15) is 4.79 Å². The lowest BCUT2D eigenvalue weighted by molar-refractivity contribution is 0.0994. The highest BCUT2D eigenvalue weighted by Gasteiger charge is 2.09. The third kappa shape index (κ3) is 1.95. The Balaban J connectivity index is 3.17. The summed E-state index contributed by atoms with van der Waals surface area (Å²) in [6.07, 6.45) is 3.34. The number of amides is 1. The monoisotopic (exact) mass is 247 g/mol. The van der Waals surface area contributed by atoms with Gasteiger partial charge >= 0.3 is 0 Å². The van der Waals surface area contributed by atoms with Gasteiger partial charge in [0.1, 0.15) is 5.69 Å². The SMILES string of the molecule is CSc1ncc(Br)c(C(N)=O)n1. The molecule has 2 N–H and O–H groups in total. The Bertz CT molecular complexity index is 318. The van der Waals surface area contributed by atoms with Crippen molar-refractivity contribution in [1.29, 1.82) is 0 Å². The molecule has 12 heavy (non-hydrogen) atoms. The van der Waals surface area contributed by atoms with Gasteiger partial charge in [-0.3, -0.25) is 4.79 Å². The van der Waals surface area contributed by atoms with Gasteiger partial charge in [0, 0.05) is 6.20 Å². The van der Waals surface area contributed by atoms with Crippen LogP contribution in [0.2, 0.25) is 0 Å². The van der Waals surface area contributed by atoms with Gasteiger partial charge in [0.15, 0.2) is 5.16 Å². The minimum Gasteiger partial charge on any atom is -0.364 e. The zero-order valence-electron chi connectivity index (χ0n) is 6.24. The molecule has 4 nitrogen and oxygen atoms in total. The fourth-order valence-corrected chi connectivity index (χ4v) is 1.35. The number of carbonyl (C=O) groups excluding carboxylic acids is 1. The Morgan fingerprint density at radius 3 is 2.92 bits per heavy atom. The van der Waals surface area contributed by atoms with Crippen molar-refractivity contribution in [2.45, 2.75) is 5.16 Å². The molecule has 0 spiro atoms. The minimum absolute atomic E-state index is 0.217. The lowest BCUT2D eigenvalue weighted by Crippen LogP contribution is -2.14. The number of hydrogen-bond donors (Lipinski definition) is 1. The Hall–Kier alpha value is -0.620. The lowest BCUT2D eigenvalue weighted by Gasteiger charge is -1.99. The number of carbonyl (C=O) groups is 1. The highest BCUT2D eigenvalue weighted by molar-refractivity contribution is 9.10. The average Bonchev–Trinajstić information content (AvgIpc) is 2.05. The fourth-order valence-electron chi connectivity index (χ4n) is 0.622.